The Bertz CT molecular complexity index is 436. The van der Waals surface area contributed by atoms with Crippen molar-refractivity contribution in [2.24, 2.45) is 0 Å². The molecule has 3 nitrogen and oxygen atoms in total. The summed E-state index contributed by atoms with van der Waals surface area (Å²) in [5, 5.41) is 3.76. The molecule has 2 saturated heterocycles. The number of nitrogens with one attached hydrogen (secondary N) is 1. The summed E-state index contributed by atoms with van der Waals surface area (Å²) in [7, 11) is 0. The molecular formula is C17H26N2O. The van der Waals surface area contributed by atoms with Crippen LogP contribution in [-0.2, 0) is 10.3 Å². The number of benzene rings is 1. The van der Waals surface area contributed by atoms with Gasteiger partial charge in [0.15, 0.2) is 0 Å². The van der Waals surface area contributed by atoms with E-state index in [1.54, 1.807) is 0 Å². The lowest BCUT2D eigenvalue weighted by Crippen LogP contribution is -2.50. The second-order valence-electron chi connectivity index (χ2n) is 6.38. The molecule has 3 rings (SSSR count). The Morgan fingerprint density at radius 3 is 2.80 bits per heavy atom. The Hall–Kier alpha value is -0.900. The van der Waals surface area contributed by atoms with Crippen LogP contribution >= 0.6 is 0 Å². The second kappa shape index (κ2) is 5.84. The molecule has 2 aliphatic heterocycles. The zero-order valence-electron chi connectivity index (χ0n) is 12.6. The Balaban J connectivity index is 1.81. The van der Waals surface area contributed by atoms with E-state index in [0.717, 1.165) is 19.7 Å². The minimum absolute atomic E-state index is 0.0417. The molecule has 0 aliphatic carbocycles. The van der Waals surface area contributed by atoms with Crippen molar-refractivity contribution in [1.82, 2.24) is 10.2 Å². The average molecular weight is 274 g/mol. The molecule has 0 aromatic heterocycles. The molecule has 0 spiro atoms. The van der Waals surface area contributed by atoms with Crippen LogP contribution in [0.15, 0.2) is 30.3 Å². The van der Waals surface area contributed by atoms with Crippen LogP contribution < -0.4 is 5.32 Å². The smallest absolute Gasteiger partial charge is 0.0703 e. The summed E-state index contributed by atoms with van der Waals surface area (Å²) in [4.78, 5) is 2.64. The first-order chi connectivity index (χ1) is 9.69. The Labute approximate surface area is 122 Å². The van der Waals surface area contributed by atoms with Crippen LogP contribution in [0.5, 0.6) is 0 Å². The standard InChI is InChI=1S/C17H26N2O/c1-14-16(9-12-20-14)19-11-6-10-18-17(2,13-19)15-7-4-3-5-8-15/h3-5,7-8,14,16,18H,6,9-13H2,1-2H3. The lowest BCUT2D eigenvalue weighted by atomic mass is 9.91. The summed E-state index contributed by atoms with van der Waals surface area (Å²) in [5.41, 5.74) is 1.43. The minimum atomic E-state index is 0.0417. The molecule has 1 aromatic rings. The largest absolute Gasteiger partial charge is 0.377 e. The molecule has 1 N–H and O–H groups in total. The number of hydrogen-bond acceptors (Lipinski definition) is 3. The number of hydrogen-bond donors (Lipinski definition) is 1. The Morgan fingerprint density at radius 2 is 2.10 bits per heavy atom. The van der Waals surface area contributed by atoms with Crippen molar-refractivity contribution in [2.45, 2.75) is 44.4 Å². The Kier molecular flexibility index (Phi) is 4.11. The van der Waals surface area contributed by atoms with E-state index >= 15 is 0 Å². The lowest BCUT2D eigenvalue weighted by molar-refractivity contribution is 0.0665. The van der Waals surface area contributed by atoms with Gasteiger partial charge in [0.05, 0.1) is 11.6 Å². The van der Waals surface area contributed by atoms with Gasteiger partial charge in [-0.2, -0.15) is 0 Å². The second-order valence-corrected chi connectivity index (χ2v) is 6.38. The van der Waals surface area contributed by atoms with Gasteiger partial charge in [0.2, 0.25) is 0 Å². The molecule has 2 heterocycles. The fourth-order valence-electron chi connectivity index (χ4n) is 3.67. The van der Waals surface area contributed by atoms with E-state index in [2.05, 4.69) is 54.4 Å². The minimum Gasteiger partial charge on any atom is -0.377 e. The third-order valence-electron chi connectivity index (χ3n) is 4.87. The van der Waals surface area contributed by atoms with Gasteiger partial charge in [0.25, 0.3) is 0 Å². The van der Waals surface area contributed by atoms with Crippen molar-refractivity contribution in [3.63, 3.8) is 0 Å². The third kappa shape index (κ3) is 2.76. The van der Waals surface area contributed by atoms with Crippen LogP contribution in [0, 0.1) is 0 Å². The van der Waals surface area contributed by atoms with Crippen LogP contribution in [0.1, 0.15) is 32.3 Å². The van der Waals surface area contributed by atoms with E-state index in [1.165, 1.54) is 24.9 Å². The van der Waals surface area contributed by atoms with Crippen LogP contribution in [0.4, 0.5) is 0 Å². The zero-order valence-corrected chi connectivity index (χ0v) is 12.6. The quantitative estimate of drug-likeness (QED) is 0.896. The third-order valence-corrected chi connectivity index (χ3v) is 4.87. The highest BCUT2D eigenvalue weighted by Gasteiger charge is 2.37. The molecule has 3 atom stereocenters. The van der Waals surface area contributed by atoms with Crippen molar-refractivity contribution >= 4 is 0 Å². The molecule has 1 aromatic carbocycles. The number of nitrogens with zero attached hydrogens (tertiary/aromatic N) is 1. The van der Waals surface area contributed by atoms with Crippen LogP contribution in [0.25, 0.3) is 0 Å². The van der Waals surface area contributed by atoms with Crippen molar-refractivity contribution in [3.05, 3.63) is 35.9 Å². The average Bonchev–Trinajstić information content (AvgIpc) is 2.79. The first-order valence-corrected chi connectivity index (χ1v) is 7.85. The lowest BCUT2D eigenvalue weighted by Gasteiger charge is -2.37. The SMILES string of the molecule is CC1OCCC1N1CCCNC(C)(c2ccccc2)C1. The Morgan fingerprint density at radius 1 is 1.30 bits per heavy atom. The van der Waals surface area contributed by atoms with Gasteiger partial charge >= 0.3 is 0 Å². The van der Waals surface area contributed by atoms with Crippen molar-refractivity contribution in [1.29, 1.82) is 0 Å². The molecule has 20 heavy (non-hydrogen) atoms. The molecule has 2 fully saturated rings. The number of ether oxygens (including phenoxy) is 1. The maximum atomic E-state index is 5.77. The van der Waals surface area contributed by atoms with Crippen LogP contribution in [-0.4, -0.2) is 43.3 Å². The number of rotatable bonds is 2. The van der Waals surface area contributed by atoms with Crippen molar-refractivity contribution in [2.75, 3.05) is 26.2 Å². The molecule has 2 aliphatic rings. The van der Waals surface area contributed by atoms with Gasteiger partial charge in [-0.3, -0.25) is 4.90 Å². The zero-order chi connectivity index (χ0) is 14.0. The van der Waals surface area contributed by atoms with E-state index in [9.17, 15) is 0 Å². The molecule has 3 unspecified atom stereocenters. The van der Waals surface area contributed by atoms with Gasteiger partial charge in [0, 0.05) is 19.2 Å². The van der Waals surface area contributed by atoms with Crippen LogP contribution in [0.3, 0.4) is 0 Å². The van der Waals surface area contributed by atoms with E-state index in [1.807, 2.05) is 0 Å². The molecule has 0 bridgehead atoms. The van der Waals surface area contributed by atoms with E-state index in [4.69, 9.17) is 4.74 Å². The van der Waals surface area contributed by atoms with Crippen LogP contribution in [0.2, 0.25) is 0 Å². The predicted octanol–water partition coefficient (Wildman–Crippen LogP) is 2.37. The summed E-state index contributed by atoms with van der Waals surface area (Å²) in [6.07, 6.45) is 2.76. The van der Waals surface area contributed by atoms with Gasteiger partial charge in [-0.25, -0.2) is 0 Å². The summed E-state index contributed by atoms with van der Waals surface area (Å²) in [6, 6.07) is 11.4. The van der Waals surface area contributed by atoms with E-state index < -0.39 is 0 Å². The molecule has 3 heteroatoms. The maximum absolute atomic E-state index is 5.77. The van der Waals surface area contributed by atoms with Gasteiger partial charge in [-0.1, -0.05) is 30.3 Å². The van der Waals surface area contributed by atoms with E-state index in [0.29, 0.717) is 12.1 Å². The topological polar surface area (TPSA) is 24.5 Å². The summed E-state index contributed by atoms with van der Waals surface area (Å²) < 4.78 is 5.77. The maximum Gasteiger partial charge on any atom is 0.0703 e. The van der Waals surface area contributed by atoms with Crippen molar-refractivity contribution in [3.8, 4) is 0 Å². The summed E-state index contributed by atoms with van der Waals surface area (Å²) in [5.74, 6) is 0. The molecule has 110 valence electrons. The van der Waals surface area contributed by atoms with E-state index in [-0.39, 0.29) is 5.54 Å². The molecular weight excluding hydrogens is 248 g/mol. The van der Waals surface area contributed by atoms with Gasteiger partial charge in [-0.05, 0) is 45.3 Å². The first-order valence-electron chi connectivity index (χ1n) is 7.85. The predicted molar refractivity (Wildman–Crippen MR) is 81.8 cm³/mol. The molecule has 0 amide bonds. The summed E-state index contributed by atoms with van der Waals surface area (Å²) >= 11 is 0. The monoisotopic (exact) mass is 274 g/mol. The molecule has 0 radical (unpaired) electrons. The summed E-state index contributed by atoms with van der Waals surface area (Å²) in [6.45, 7) is 8.79. The highest BCUT2D eigenvalue weighted by molar-refractivity contribution is 5.24. The van der Waals surface area contributed by atoms with Gasteiger partial charge in [0.1, 0.15) is 0 Å². The normalized spacial score (nSPS) is 35.9. The first kappa shape index (κ1) is 14.1. The highest BCUT2D eigenvalue weighted by Crippen LogP contribution is 2.28. The molecule has 0 saturated carbocycles. The van der Waals surface area contributed by atoms with Gasteiger partial charge < -0.3 is 10.1 Å². The highest BCUT2D eigenvalue weighted by atomic mass is 16.5. The van der Waals surface area contributed by atoms with Crippen molar-refractivity contribution < 1.29 is 4.74 Å². The fourth-order valence-corrected chi connectivity index (χ4v) is 3.67. The van der Waals surface area contributed by atoms with Gasteiger partial charge in [-0.15, -0.1) is 0 Å². The fraction of sp³-hybridized carbons (Fsp3) is 0.647.